The molecule has 0 saturated carbocycles. The number of halogens is 4. The number of nitrogens with one attached hydrogen (secondary N) is 1. The number of hydrogen-bond acceptors (Lipinski definition) is 6. The van der Waals surface area contributed by atoms with Gasteiger partial charge in [0.2, 0.25) is 0 Å². The normalized spacial score (nSPS) is 11.4. The Labute approximate surface area is 173 Å². The van der Waals surface area contributed by atoms with Crippen molar-refractivity contribution in [2.24, 2.45) is 5.10 Å². The fourth-order valence-corrected chi connectivity index (χ4v) is 2.60. The predicted octanol–water partition coefficient (Wildman–Crippen LogP) is 4.86. The Morgan fingerprint density at radius 3 is 2.48 bits per heavy atom. The third kappa shape index (κ3) is 6.67. The molecule has 0 amide bonds. The number of carbonyl (C=O) groups excluding carboxylic acids is 1. The number of ether oxygens (including phenoxy) is 3. The van der Waals surface area contributed by atoms with Crippen LogP contribution < -0.4 is 14.9 Å². The van der Waals surface area contributed by atoms with Crippen LogP contribution in [0.2, 0.25) is 0 Å². The smallest absolute Gasteiger partial charge is 0.416 e. The standard InChI is InChI=1S/C19H18BrF3N2O4/c1-3-28-18(26)11-29-17-9-15(20)12(8-16(17)27-2)10-24-25-14-6-4-13(5-7-14)19(21,22)23/h4-10,25H,3,11H2,1-2H3/b24-10+. The molecule has 0 spiro atoms. The van der Waals surface area contributed by atoms with Crippen LogP contribution in [-0.4, -0.2) is 32.5 Å². The number of anilines is 1. The van der Waals surface area contributed by atoms with Crippen molar-refractivity contribution in [1.82, 2.24) is 0 Å². The molecular formula is C19H18BrF3N2O4. The van der Waals surface area contributed by atoms with Crippen LogP contribution in [0.5, 0.6) is 11.5 Å². The van der Waals surface area contributed by atoms with Crippen molar-refractivity contribution in [1.29, 1.82) is 0 Å². The fourth-order valence-electron chi connectivity index (χ4n) is 2.17. The number of nitrogens with zero attached hydrogens (tertiary/aromatic N) is 1. The summed E-state index contributed by atoms with van der Waals surface area (Å²) in [5.74, 6) is 0.200. The first-order chi connectivity index (χ1) is 13.7. The molecule has 2 aromatic carbocycles. The molecule has 0 heterocycles. The Morgan fingerprint density at radius 2 is 1.90 bits per heavy atom. The van der Waals surface area contributed by atoms with E-state index >= 15 is 0 Å². The van der Waals surface area contributed by atoms with Gasteiger partial charge in [-0.1, -0.05) is 0 Å². The fraction of sp³-hybridized carbons (Fsp3) is 0.263. The van der Waals surface area contributed by atoms with Crippen LogP contribution in [0.4, 0.5) is 18.9 Å². The second kappa shape index (κ2) is 10.1. The van der Waals surface area contributed by atoms with Crippen molar-refractivity contribution < 1.29 is 32.2 Å². The molecule has 0 aromatic heterocycles. The number of benzene rings is 2. The number of rotatable bonds is 8. The quantitative estimate of drug-likeness (QED) is 0.336. The number of methoxy groups -OCH3 is 1. The first-order valence-corrected chi connectivity index (χ1v) is 9.16. The van der Waals surface area contributed by atoms with E-state index in [1.54, 1.807) is 19.1 Å². The zero-order valence-electron chi connectivity index (χ0n) is 15.5. The van der Waals surface area contributed by atoms with Crippen LogP contribution in [0.1, 0.15) is 18.1 Å². The summed E-state index contributed by atoms with van der Waals surface area (Å²) in [6.45, 7) is 1.69. The summed E-state index contributed by atoms with van der Waals surface area (Å²) in [7, 11) is 1.45. The van der Waals surface area contributed by atoms with Gasteiger partial charge < -0.3 is 14.2 Å². The Kier molecular flexibility index (Phi) is 7.89. The molecule has 0 saturated heterocycles. The summed E-state index contributed by atoms with van der Waals surface area (Å²) < 4.78 is 53.8. The highest BCUT2D eigenvalue weighted by atomic mass is 79.9. The number of hydrogen-bond donors (Lipinski definition) is 1. The van der Waals surface area contributed by atoms with Crippen LogP contribution in [0.3, 0.4) is 0 Å². The summed E-state index contributed by atoms with van der Waals surface area (Å²) >= 11 is 3.37. The van der Waals surface area contributed by atoms with Crippen molar-refractivity contribution >= 4 is 33.8 Å². The average molecular weight is 475 g/mol. The van der Waals surface area contributed by atoms with E-state index in [0.717, 1.165) is 12.1 Å². The maximum Gasteiger partial charge on any atom is 0.416 e. The van der Waals surface area contributed by atoms with Gasteiger partial charge in [0.05, 0.1) is 31.2 Å². The van der Waals surface area contributed by atoms with Crippen molar-refractivity contribution in [3.05, 3.63) is 52.0 Å². The maximum absolute atomic E-state index is 12.6. The number of carbonyl (C=O) groups is 1. The minimum atomic E-state index is -4.39. The summed E-state index contributed by atoms with van der Waals surface area (Å²) in [4.78, 5) is 11.4. The number of hydrazone groups is 1. The summed E-state index contributed by atoms with van der Waals surface area (Å²) in [5.41, 5.74) is 2.93. The minimum absolute atomic E-state index is 0.254. The van der Waals surface area contributed by atoms with Gasteiger partial charge in [0.25, 0.3) is 0 Å². The summed E-state index contributed by atoms with van der Waals surface area (Å²) in [5, 5.41) is 4.01. The van der Waals surface area contributed by atoms with Crippen molar-refractivity contribution in [3.63, 3.8) is 0 Å². The van der Waals surface area contributed by atoms with E-state index < -0.39 is 17.7 Å². The third-order valence-corrected chi connectivity index (χ3v) is 4.23. The molecule has 0 aliphatic heterocycles. The summed E-state index contributed by atoms with van der Waals surface area (Å²) in [6, 6.07) is 7.73. The lowest BCUT2D eigenvalue weighted by atomic mass is 10.2. The lowest BCUT2D eigenvalue weighted by Gasteiger charge is -2.12. The van der Waals surface area contributed by atoms with Crippen LogP contribution in [0.15, 0.2) is 46.0 Å². The van der Waals surface area contributed by atoms with E-state index in [4.69, 9.17) is 14.2 Å². The second-order valence-electron chi connectivity index (χ2n) is 5.56. The van der Waals surface area contributed by atoms with E-state index in [2.05, 4.69) is 26.5 Å². The monoisotopic (exact) mass is 474 g/mol. The van der Waals surface area contributed by atoms with Gasteiger partial charge >= 0.3 is 12.1 Å². The molecule has 6 nitrogen and oxygen atoms in total. The van der Waals surface area contributed by atoms with Gasteiger partial charge in [-0.15, -0.1) is 0 Å². The van der Waals surface area contributed by atoms with Gasteiger partial charge in [-0.3, -0.25) is 5.43 Å². The van der Waals surface area contributed by atoms with E-state index in [1.165, 1.54) is 25.5 Å². The molecule has 0 radical (unpaired) electrons. The van der Waals surface area contributed by atoms with Gasteiger partial charge in [0.1, 0.15) is 0 Å². The molecule has 0 fully saturated rings. The molecule has 0 aliphatic rings. The second-order valence-corrected chi connectivity index (χ2v) is 6.42. The predicted molar refractivity (Wildman–Crippen MR) is 105 cm³/mol. The molecule has 156 valence electrons. The topological polar surface area (TPSA) is 69.2 Å². The molecule has 0 aliphatic carbocycles. The van der Waals surface area contributed by atoms with Gasteiger partial charge in [-0.25, -0.2) is 4.79 Å². The first kappa shape index (κ1) is 22.5. The first-order valence-electron chi connectivity index (χ1n) is 8.37. The van der Waals surface area contributed by atoms with Crippen LogP contribution >= 0.6 is 15.9 Å². The van der Waals surface area contributed by atoms with Gasteiger partial charge in [-0.2, -0.15) is 18.3 Å². The molecule has 29 heavy (non-hydrogen) atoms. The number of esters is 1. The molecule has 1 N–H and O–H groups in total. The van der Waals surface area contributed by atoms with E-state index in [-0.39, 0.29) is 13.2 Å². The molecular weight excluding hydrogens is 457 g/mol. The zero-order chi connectivity index (χ0) is 21.4. The van der Waals surface area contributed by atoms with E-state index in [1.807, 2.05) is 0 Å². The molecule has 2 rings (SSSR count). The largest absolute Gasteiger partial charge is 0.493 e. The molecule has 2 aromatic rings. The molecule has 0 bridgehead atoms. The average Bonchev–Trinajstić information content (AvgIpc) is 2.67. The highest BCUT2D eigenvalue weighted by Crippen LogP contribution is 2.33. The Bertz CT molecular complexity index is 871. The molecule has 0 atom stereocenters. The summed E-state index contributed by atoms with van der Waals surface area (Å²) in [6.07, 6.45) is -2.93. The Morgan fingerprint density at radius 1 is 1.21 bits per heavy atom. The van der Waals surface area contributed by atoms with Gasteiger partial charge in [0, 0.05) is 10.0 Å². The van der Waals surface area contributed by atoms with Crippen molar-refractivity contribution in [3.8, 4) is 11.5 Å². The van der Waals surface area contributed by atoms with Gasteiger partial charge in [-0.05, 0) is 59.3 Å². The van der Waals surface area contributed by atoms with Crippen LogP contribution in [0, 0.1) is 0 Å². The lowest BCUT2D eigenvalue weighted by Crippen LogP contribution is -2.15. The van der Waals surface area contributed by atoms with Crippen LogP contribution in [-0.2, 0) is 15.7 Å². The van der Waals surface area contributed by atoms with Crippen molar-refractivity contribution in [2.45, 2.75) is 13.1 Å². The SMILES string of the molecule is CCOC(=O)COc1cc(Br)c(/C=N/Nc2ccc(C(F)(F)F)cc2)cc1OC. The number of alkyl halides is 3. The molecule has 0 unspecified atom stereocenters. The molecule has 10 heteroatoms. The van der Waals surface area contributed by atoms with E-state index in [9.17, 15) is 18.0 Å². The Hall–Kier alpha value is -2.75. The highest BCUT2D eigenvalue weighted by Gasteiger charge is 2.29. The highest BCUT2D eigenvalue weighted by molar-refractivity contribution is 9.10. The Balaban J connectivity index is 2.07. The lowest BCUT2D eigenvalue weighted by molar-refractivity contribution is -0.145. The minimum Gasteiger partial charge on any atom is -0.493 e. The zero-order valence-corrected chi connectivity index (χ0v) is 17.1. The third-order valence-electron chi connectivity index (χ3n) is 3.54. The van der Waals surface area contributed by atoms with Gasteiger partial charge in [0.15, 0.2) is 18.1 Å². The van der Waals surface area contributed by atoms with Crippen LogP contribution in [0.25, 0.3) is 0 Å². The van der Waals surface area contributed by atoms with Crippen molar-refractivity contribution in [2.75, 3.05) is 25.7 Å². The van der Waals surface area contributed by atoms with E-state index in [0.29, 0.717) is 27.2 Å². The maximum atomic E-state index is 12.6.